The number of nitro benzene ring substituents is 1. The number of nitrogens with two attached hydrogens (primary N) is 1. The second kappa shape index (κ2) is 6.38. The summed E-state index contributed by atoms with van der Waals surface area (Å²) in [4.78, 5) is 22.4. The Balaban J connectivity index is 2.31. The Morgan fingerprint density at radius 2 is 1.79 bits per heavy atom. The molecule has 0 saturated carbocycles. The number of nitro groups is 1. The van der Waals surface area contributed by atoms with Crippen molar-refractivity contribution in [2.45, 2.75) is 18.7 Å². The van der Waals surface area contributed by atoms with Gasteiger partial charge in [0.05, 0.1) is 9.82 Å². The van der Waals surface area contributed by atoms with E-state index in [1.807, 2.05) is 0 Å². The van der Waals surface area contributed by atoms with E-state index < -0.39 is 20.9 Å². The number of aryl methyl sites for hydroxylation is 2. The first-order valence-corrected chi connectivity index (χ1v) is 8.34. The van der Waals surface area contributed by atoms with Crippen LogP contribution in [-0.4, -0.2) is 19.2 Å². The van der Waals surface area contributed by atoms with Gasteiger partial charge in [-0.05, 0) is 43.7 Å². The lowest BCUT2D eigenvalue weighted by atomic mass is 10.1. The topological polar surface area (TPSA) is 132 Å². The van der Waals surface area contributed by atoms with E-state index in [4.69, 9.17) is 5.14 Å². The van der Waals surface area contributed by atoms with Crippen LogP contribution in [0.4, 0.5) is 11.4 Å². The van der Waals surface area contributed by atoms with Crippen LogP contribution in [0, 0.1) is 24.0 Å². The number of carbonyl (C=O) groups excluding carboxylic acids is 1. The van der Waals surface area contributed by atoms with Crippen molar-refractivity contribution in [1.82, 2.24) is 0 Å². The molecule has 0 atom stereocenters. The minimum atomic E-state index is -3.90. The van der Waals surface area contributed by atoms with Gasteiger partial charge in [-0.2, -0.15) is 0 Å². The first-order valence-electron chi connectivity index (χ1n) is 6.79. The maximum atomic E-state index is 12.2. The SMILES string of the molecule is Cc1cc(C(=O)Nc2ccc(C)c(S(N)(=O)=O)c2)ccc1[N+](=O)[O-]. The first-order chi connectivity index (χ1) is 11.1. The van der Waals surface area contributed by atoms with Gasteiger partial charge in [-0.1, -0.05) is 6.07 Å². The average Bonchev–Trinajstić information content (AvgIpc) is 2.47. The van der Waals surface area contributed by atoms with E-state index in [0.29, 0.717) is 11.1 Å². The molecule has 0 unspecified atom stereocenters. The van der Waals surface area contributed by atoms with Crippen LogP contribution >= 0.6 is 0 Å². The van der Waals surface area contributed by atoms with Gasteiger partial charge < -0.3 is 5.32 Å². The van der Waals surface area contributed by atoms with Gasteiger partial charge in [0.2, 0.25) is 10.0 Å². The highest BCUT2D eigenvalue weighted by Crippen LogP contribution is 2.22. The zero-order valence-corrected chi connectivity index (χ0v) is 13.8. The lowest BCUT2D eigenvalue weighted by molar-refractivity contribution is -0.385. The van der Waals surface area contributed by atoms with Crippen LogP contribution in [0.15, 0.2) is 41.3 Å². The maximum absolute atomic E-state index is 12.2. The van der Waals surface area contributed by atoms with Gasteiger partial charge >= 0.3 is 0 Å². The number of amides is 1. The van der Waals surface area contributed by atoms with E-state index in [9.17, 15) is 23.3 Å². The van der Waals surface area contributed by atoms with Gasteiger partial charge in [0, 0.05) is 22.9 Å². The van der Waals surface area contributed by atoms with Crippen LogP contribution in [0.1, 0.15) is 21.5 Å². The summed E-state index contributed by atoms with van der Waals surface area (Å²) in [5.41, 5.74) is 1.20. The Hall–Kier alpha value is -2.78. The summed E-state index contributed by atoms with van der Waals surface area (Å²) in [5.74, 6) is -0.516. The molecule has 2 aromatic rings. The quantitative estimate of drug-likeness (QED) is 0.644. The zero-order valence-electron chi connectivity index (χ0n) is 12.9. The predicted octanol–water partition coefficient (Wildman–Crippen LogP) is 2.11. The van der Waals surface area contributed by atoms with Crippen LogP contribution in [0.25, 0.3) is 0 Å². The number of benzene rings is 2. The van der Waals surface area contributed by atoms with Crippen molar-refractivity contribution in [3.8, 4) is 0 Å². The van der Waals surface area contributed by atoms with Gasteiger partial charge in [0.15, 0.2) is 0 Å². The number of nitrogens with zero attached hydrogens (tertiary/aromatic N) is 1. The molecule has 0 heterocycles. The summed E-state index contributed by atoms with van der Waals surface area (Å²) in [6, 6.07) is 8.30. The summed E-state index contributed by atoms with van der Waals surface area (Å²) in [6.45, 7) is 3.12. The number of hydrogen-bond donors (Lipinski definition) is 2. The fourth-order valence-electron chi connectivity index (χ4n) is 2.19. The molecule has 8 nitrogen and oxygen atoms in total. The molecule has 0 aromatic heterocycles. The van der Waals surface area contributed by atoms with E-state index in [-0.39, 0.29) is 21.8 Å². The number of anilines is 1. The van der Waals surface area contributed by atoms with Gasteiger partial charge in [-0.25, -0.2) is 13.6 Å². The molecule has 0 bridgehead atoms. The fourth-order valence-corrected chi connectivity index (χ4v) is 3.00. The lowest BCUT2D eigenvalue weighted by Crippen LogP contribution is -2.16. The maximum Gasteiger partial charge on any atom is 0.272 e. The van der Waals surface area contributed by atoms with Crippen LogP contribution < -0.4 is 10.5 Å². The Labute approximate surface area is 138 Å². The molecule has 24 heavy (non-hydrogen) atoms. The van der Waals surface area contributed by atoms with Gasteiger partial charge in [0.1, 0.15) is 0 Å². The molecule has 0 spiro atoms. The predicted molar refractivity (Wildman–Crippen MR) is 88.3 cm³/mol. The molecule has 0 aliphatic heterocycles. The first kappa shape index (κ1) is 17.6. The third-order valence-corrected chi connectivity index (χ3v) is 4.46. The lowest BCUT2D eigenvalue weighted by Gasteiger charge is -2.09. The normalized spacial score (nSPS) is 11.1. The van der Waals surface area contributed by atoms with E-state index in [1.54, 1.807) is 13.0 Å². The number of sulfonamides is 1. The molecular formula is C15H15N3O5S. The second-order valence-corrected chi connectivity index (χ2v) is 6.77. The highest BCUT2D eigenvalue weighted by atomic mass is 32.2. The van der Waals surface area contributed by atoms with Gasteiger partial charge in [-0.3, -0.25) is 14.9 Å². The zero-order chi connectivity index (χ0) is 18.1. The van der Waals surface area contributed by atoms with Crippen molar-refractivity contribution in [2.24, 2.45) is 5.14 Å². The van der Waals surface area contributed by atoms with Crippen molar-refractivity contribution < 1.29 is 18.1 Å². The van der Waals surface area contributed by atoms with Crippen molar-refractivity contribution >= 4 is 27.3 Å². The second-order valence-electron chi connectivity index (χ2n) is 5.24. The van der Waals surface area contributed by atoms with E-state index in [0.717, 1.165) is 0 Å². The Kier molecular flexibility index (Phi) is 4.67. The van der Waals surface area contributed by atoms with Crippen molar-refractivity contribution in [3.05, 3.63) is 63.2 Å². The number of primary sulfonamides is 1. The molecule has 2 rings (SSSR count). The standard InChI is InChI=1S/C15H15N3O5S/c1-9-3-5-12(8-14(9)24(16,22)23)17-15(19)11-4-6-13(18(20)21)10(2)7-11/h3-8H,1-2H3,(H,17,19)(H2,16,22,23). The molecule has 0 saturated heterocycles. The van der Waals surface area contributed by atoms with E-state index in [2.05, 4.69) is 5.32 Å². The number of hydrogen-bond acceptors (Lipinski definition) is 5. The number of nitrogens with one attached hydrogen (secondary N) is 1. The highest BCUT2D eigenvalue weighted by molar-refractivity contribution is 7.89. The van der Waals surface area contributed by atoms with Crippen LogP contribution in [0.2, 0.25) is 0 Å². The van der Waals surface area contributed by atoms with Crippen molar-refractivity contribution in [2.75, 3.05) is 5.32 Å². The fraction of sp³-hybridized carbons (Fsp3) is 0.133. The van der Waals surface area contributed by atoms with Crippen molar-refractivity contribution in [1.29, 1.82) is 0 Å². The largest absolute Gasteiger partial charge is 0.322 e. The summed E-state index contributed by atoms with van der Waals surface area (Å²) < 4.78 is 23.0. The molecule has 126 valence electrons. The number of carbonyl (C=O) groups is 1. The molecule has 0 radical (unpaired) electrons. The molecule has 0 aliphatic rings. The van der Waals surface area contributed by atoms with Crippen LogP contribution in [-0.2, 0) is 10.0 Å². The molecule has 1 amide bonds. The van der Waals surface area contributed by atoms with Gasteiger partial charge in [0.25, 0.3) is 11.6 Å². The highest BCUT2D eigenvalue weighted by Gasteiger charge is 2.16. The van der Waals surface area contributed by atoms with Crippen molar-refractivity contribution in [3.63, 3.8) is 0 Å². The van der Waals surface area contributed by atoms with E-state index >= 15 is 0 Å². The summed E-state index contributed by atoms with van der Waals surface area (Å²) >= 11 is 0. The summed E-state index contributed by atoms with van der Waals surface area (Å²) in [5, 5.41) is 18.5. The minimum Gasteiger partial charge on any atom is -0.322 e. The summed E-state index contributed by atoms with van der Waals surface area (Å²) in [7, 11) is -3.90. The molecule has 0 aliphatic carbocycles. The molecule has 2 aromatic carbocycles. The minimum absolute atomic E-state index is 0.0832. The Morgan fingerprint density at radius 3 is 2.33 bits per heavy atom. The van der Waals surface area contributed by atoms with Crippen LogP contribution in [0.5, 0.6) is 0 Å². The Morgan fingerprint density at radius 1 is 1.12 bits per heavy atom. The Bertz CT molecular complexity index is 938. The average molecular weight is 349 g/mol. The summed E-state index contributed by atoms with van der Waals surface area (Å²) in [6.07, 6.45) is 0. The molecule has 0 fully saturated rings. The third kappa shape index (κ3) is 3.76. The number of rotatable bonds is 4. The van der Waals surface area contributed by atoms with Gasteiger partial charge in [-0.15, -0.1) is 0 Å². The molecule has 3 N–H and O–H groups in total. The monoisotopic (exact) mass is 349 g/mol. The third-order valence-electron chi connectivity index (χ3n) is 3.41. The molecular weight excluding hydrogens is 334 g/mol. The smallest absolute Gasteiger partial charge is 0.272 e. The van der Waals surface area contributed by atoms with Crippen LogP contribution in [0.3, 0.4) is 0 Å². The van der Waals surface area contributed by atoms with E-state index in [1.165, 1.54) is 37.3 Å². The molecule has 9 heteroatoms.